The molecule has 4 rings (SSSR count). The van der Waals surface area contributed by atoms with Crippen molar-refractivity contribution in [2.24, 2.45) is 5.92 Å². The van der Waals surface area contributed by atoms with Gasteiger partial charge in [-0.2, -0.15) is 0 Å². The van der Waals surface area contributed by atoms with Crippen LogP contribution in [0.3, 0.4) is 0 Å². The van der Waals surface area contributed by atoms with E-state index in [0.29, 0.717) is 9.54 Å². The molecule has 0 saturated heterocycles. The van der Waals surface area contributed by atoms with Gasteiger partial charge in [0.15, 0.2) is 0 Å². The Balaban J connectivity index is 0.00000171. The van der Waals surface area contributed by atoms with Gasteiger partial charge in [-0.05, 0) is 0 Å². The van der Waals surface area contributed by atoms with Crippen LogP contribution in [-0.4, -0.2) is 5.43 Å². The third-order valence-corrected chi connectivity index (χ3v) is 26.2. The van der Waals surface area contributed by atoms with Gasteiger partial charge in [-0.1, -0.05) is 0 Å². The molecule has 0 fully saturated rings. The summed E-state index contributed by atoms with van der Waals surface area (Å²) >= 11 is -1.89. The van der Waals surface area contributed by atoms with Crippen LogP contribution in [0.5, 0.6) is 0 Å². The molecule has 0 amide bonds. The molecule has 2 aliphatic carbocycles. The molecular formula is C27H34Br2SiZr. The summed E-state index contributed by atoms with van der Waals surface area (Å²) in [6, 6.07) is 18.0. The van der Waals surface area contributed by atoms with E-state index in [1.54, 1.807) is 27.9 Å². The van der Waals surface area contributed by atoms with Crippen LogP contribution in [0.4, 0.5) is 0 Å². The van der Waals surface area contributed by atoms with E-state index in [9.17, 15) is 0 Å². The van der Waals surface area contributed by atoms with Crippen molar-refractivity contribution in [2.45, 2.75) is 51.3 Å². The molecule has 31 heavy (non-hydrogen) atoms. The van der Waals surface area contributed by atoms with Gasteiger partial charge in [0.05, 0.1) is 0 Å². The molecule has 0 nitrogen and oxygen atoms in total. The Hall–Kier alpha value is -0.280. The molecule has 0 spiro atoms. The maximum absolute atomic E-state index is 2.60. The van der Waals surface area contributed by atoms with Crippen LogP contribution >= 0.6 is 34.0 Å². The van der Waals surface area contributed by atoms with Crippen molar-refractivity contribution in [1.82, 2.24) is 0 Å². The molecule has 0 saturated carbocycles. The molecule has 4 heteroatoms. The third kappa shape index (κ3) is 4.70. The zero-order valence-corrected chi connectivity index (χ0v) is 26.6. The average molecular weight is 638 g/mol. The molecule has 2 atom stereocenters. The second-order valence-electron chi connectivity index (χ2n) is 8.98. The molecule has 0 bridgehead atoms. The van der Waals surface area contributed by atoms with E-state index >= 15 is 0 Å². The fourth-order valence-corrected chi connectivity index (χ4v) is 25.9. The van der Waals surface area contributed by atoms with Gasteiger partial charge in [-0.15, -0.1) is 34.0 Å². The molecule has 0 aromatic heterocycles. The van der Waals surface area contributed by atoms with E-state index in [2.05, 4.69) is 102 Å². The Morgan fingerprint density at radius 1 is 0.806 bits per heavy atom. The number of halogens is 2. The summed E-state index contributed by atoms with van der Waals surface area (Å²) in [5.74, 6) is 0.665. The summed E-state index contributed by atoms with van der Waals surface area (Å²) in [4.78, 5) is 0. The fraction of sp³-hybridized carbons (Fsp3) is 0.333. The molecule has 0 N–H and O–H groups in total. The minimum absolute atomic E-state index is 0. The van der Waals surface area contributed by atoms with Gasteiger partial charge in [-0.25, -0.2) is 0 Å². The van der Waals surface area contributed by atoms with Gasteiger partial charge in [-0.3, -0.25) is 0 Å². The molecule has 0 heterocycles. The first-order chi connectivity index (χ1) is 13.8. The van der Waals surface area contributed by atoms with Crippen LogP contribution < -0.4 is 0 Å². The topological polar surface area (TPSA) is 0 Å². The van der Waals surface area contributed by atoms with E-state index in [1.165, 1.54) is 16.7 Å². The van der Waals surface area contributed by atoms with E-state index in [-0.39, 0.29) is 39.4 Å². The Bertz CT molecular complexity index is 1120. The first-order valence-electron chi connectivity index (χ1n) is 10.8. The Morgan fingerprint density at radius 2 is 1.45 bits per heavy atom. The van der Waals surface area contributed by atoms with Crippen molar-refractivity contribution in [3.05, 3.63) is 85.2 Å². The van der Waals surface area contributed by atoms with Gasteiger partial charge in [0.2, 0.25) is 0 Å². The number of fused-ring (bicyclic) bond motifs is 1. The number of hydrogen-bond acceptors (Lipinski definition) is 0. The second kappa shape index (κ2) is 10.8. The van der Waals surface area contributed by atoms with Crippen molar-refractivity contribution in [3.63, 3.8) is 0 Å². The fourth-order valence-electron chi connectivity index (χ4n) is 5.32. The Labute approximate surface area is 217 Å². The monoisotopic (exact) mass is 634 g/mol. The van der Waals surface area contributed by atoms with E-state index in [4.69, 9.17) is 0 Å². The summed E-state index contributed by atoms with van der Waals surface area (Å²) < 4.78 is 2.63. The number of hydrogen-bond donors (Lipinski definition) is 0. The number of rotatable bonds is 3. The predicted octanol–water partition coefficient (Wildman–Crippen LogP) is 9.10. The minimum atomic E-state index is -1.89. The second-order valence-corrected chi connectivity index (χ2v) is 26.3. The molecule has 2 aliphatic rings. The Kier molecular flexibility index (Phi) is 9.36. The van der Waals surface area contributed by atoms with E-state index < -0.39 is 20.4 Å². The summed E-state index contributed by atoms with van der Waals surface area (Å²) in [7, 11) is 0. The molecule has 2 aromatic carbocycles. The zero-order chi connectivity index (χ0) is 20.9. The van der Waals surface area contributed by atoms with Crippen LogP contribution in [0.25, 0.3) is 17.2 Å². The molecular weight excluding hydrogens is 603 g/mol. The SMILES string of the molecule is Br.Br.CC1=Cc2c(-c3ccccc3)cccc2[CH]1[Zr]([C]1=C(C)C(C)=C(C)C1C)=[Si](C)C. The summed E-state index contributed by atoms with van der Waals surface area (Å²) in [5, 5.41) is 0. The molecule has 0 aliphatic heterocycles. The van der Waals surface area contributed by atoms with Gasteiger partial charge in [0, 0.05) is 0 Å². The normalized spacial score (nSPS) is 19.5. The average Bonchev–Trinajstić information content (AvgIpc) is 3.13. The van der Waals surface area contributed by atoms with Crippen molar-refractivity contribution >= 4 is 45.5 Å². The molecule has 164 valence electrons. The van der Waals surface area contributed by atoms with E-state index in [0.717, 1.165) is 0 Å². The Morgan fingerprint density at radius 3 is 2.00 bits per heavy atom. The summed E-state index contributed by atoms with van der Waals surface area (Å²) in [6.45, 7) is 17.2. The number of allylic oxidation sites excluding steroid dienone is 5. The van der Waals surface area contributed by atoms with Crippen molar-refractivity contribution in [2.75, 3.05) is 0 Å². The van der Waals surface area contributed by atoms with Crippen LogP contribution in [-0.2, 0) is 20.4 Å². The van der Waals surface area contributed by atoms with Crippen LogP contribution in [0, 0.1) is 5.92 Å². The van der Waals surface area contributed by atoms with Crippen LogP contribution in [0.2, 0.25) is 13.1 Å². The number of benzene rings is 2. The van der Waals surface area contributed by atoms with Crippen molar-refractivity contribution in [1.29, 1.82) is 0 Å². The summed E-state index contributed by atoms with van der Waals surface area (Å²) in [5.41, 5.74) is 12.0. The van der Waals surface area contributed by atoms with Gasteiger partial charge >= 0.3 is 185 Å². The zero-order valence-electron chi connectivity index (χ0n) is 19.7. The quantitative estimate of drug-likeness (QED) is 0.295. The predicted molar refractivity (Wildman–Crippen MR) is 147 cm³/mol. The van der Waals surface area contributed by atoms with Crippen LogP contribution in [0.1, 0.15) is 49.4 Å². The third-order valence-electron chi connectivity index (χ3n) is 7.12. The van der Waals surface area contributed by atoms with Gasteiger partial charge < -0.3 is 0 Å². The van der Waals surface area contributed by atoms with Crippen LogP contribution in [0.15, 0.2) is 74.1 Å². The van der Waals surface area contributed by atoms with E-state index in [1.807, 2.05) is 3.28 Å². The summed E-state index contributed by atoms with van der Waals surface area (Å²) in [6.07, 6.45) is 2.52. The molecule has 2 aromatic rings. The maximum atomic E-state index is 2.60. The molecule has 0 radical (unpaired) electrons. The first kappa shape index (κ1) is 27.0. The first-order valence-corrected chi connectivity index (χ1v) is 19.6. The molecule has 2 unspecified atom stereocenters. The van der Waals surface area contributed by atoms with Crippen molar-refractivity contribution in [3.8, 4) is 11.1 Å². The standard InChI is InChI=1S/C16H13.C9H13.C2H6Si.2BrH.Zr/c1-12-10-14-8-5-9-15(16(14)11-12)13-6-3-2-4-7-13;1-6-5-7(2)9(4)8(6)3;1-3-2;;;/h2-11H,1H3;6H,1-4H3;1-2H3;2*1H;. The van der Waals surface area contributed by atoms with Gasteiger partial charge in [0.1, 0.15) is 0 Å². The van der Waals surface area contributed by atoms with Crippen molar-refractivity contribution < 1.29 is 20.4 Å². The van der Waals surface area contributed by atoms with Gasteiger partial charge in [0.25, 0.3) is 0 Å².